The molecular weight excluding hydrogens is 518 g/mol. The molecule has 0 radical (unpaired) electrons. The number of carbonyl (C=O) groups is 4. The lowest BCUT2D eigenvalue weighted by Crippen LogP contribution is -2.50. The van der Waals surface area contributed by atoms with E-state index in [1.165, 1.54) is 0 Å². The van der Waals surface area contributed by atoms with Crippen molar-refractivity contribution in [1.82, 2.24) is 25.9 Å². The molecule has 3 rings (SSSR count). The van der Waals surface area contributed by atoms with E-state index in [1.807, 2.05) is 18.2 Å². The zero-order chi connectivity index (χ0) is 29.3. The van der Waals surface area contributed by atoms with Crippen LogP contribution in [0.4, 0.5) is 4.79 Å². The maximum atomic E-state index is 12.9. The first-order valence-electron chi connectivity index (χ1n) is 12.5. The van der Waals surface area contributed by atoms with Crippen LogP contribution in [0.5, 0.6) is 0 Å². The minimum Gasteiger partial charge on any atom is -0.458 e. The highest BCUT2D eigenvalue weighted by atomic mass is 16.6. The van der Waals surface area contributed by atoms with Crippen molar-refractivity contribution < 1.29 is 28.7 Å². The number of alkyl carbamates (subject to hydrolysis) is 1. The van der Waals surface area contributed by atoms with Crippen LogP contribution in [0.15, 0.2) is 48.5 Å². The van der Waals surface area contributed by atoms with Gasteiger partial charge in [0, 0.05) is 24.9 Å². The van der Waals surface area contributed by atoms with Gasteiger partial charge in [-0.2, -0.15) is 0 Å². The van der Waals surface area contributed by atoms with E-state index in [0.29, 0.717) is 16.9 Å². The van der Waals surface area contributed by atoms with Crippen molar-refractivity contribution in [3.05, 3.63) is 65.5 Å². The molecule has 0 aliphatic heterocycles. The fourth-order valence-electron chi connectivity index (χ4n) is 3.54. The van der Waals surface area contributed by atoms with Crippen molar-refractivity contribution >= 4 is 40.9 Å². The average Bonchev–Trinajstić information content (AvgIpc) is 3.30. The molecule has 1 aromatic heterocycles. The molecule has 0 saturated heterocycles. The van der Waals surface area contributed by atoms with Crippen LogP contribution in [0.25, 0.3) is 11.0 Å². The quantitative estimate of drug-likeness (QED) is 0.124. The second-order valence-corrected chi connectivity index (χ2v) is 9.88. The summed E-state index contributed by atoms with van der Waals surface area (Å²) in [5.41, 5.74) is 6.56. The number of nitrogens with zero attached hydrogens (tertiary/aromatic N) is 1. The molecule has 0 aliphatic carbocycles. The summed E-state index contributed by atoms with van der Waals surface area (Å²) in [6.45, 7) is 4.84. The number of aromatic nitrogens is 2. The van der Waals surface area contributed by atoms with Gasteiger partial charge in [0.2, 0.25) is 5.91 Å². The highest BCUT2D eigenvalue weighted by molar-refractivity contribution is 5.98. The molecule has 40 heavy (non-hydrogen) atoms. The molecule has 1 heterocycles. The molecule has 0 spiro atoms. The molecule has 212 valence electrons. The van der Waals surface area contributed by atoms with Gasteiger partial charge in [-0.3, -0.25) is 20.3 Å². The predicted octanol–water partition coefficient (Wildman–Crippen LogP) is 1.87. The normalized spacial score (nSPS) is 11.8. The van der Waals surface area contributed by atoms with Gasteiger partial charge in [0.05, 0.1) is 11.0 Å². The predicted molar refractivity (Wildman–Crippen MR) is 146 cm³/mol. The number of fused-ring (bicyclic) bond motifs is 1. The number of amides is 3. The first kappa shape index (κ1) is 29.6. The molecule has 3 aromatic rings. The third-order valence-corrected chi connectivity index (χ3v) is 5.32. The van der Waals surface area contributed by atoms with Crippen molar-refractivity contribution in [2.75, 3.05) is 6.54 Å². The van der Waals surface area contributed by atoms with E-state index in [2.05, 4.69) is 25.9 Å². The Morgan fingerprint density at radius 3 is 2.50 bits per heavy atom. The number of imidazole rings is 1. The van der Waals surface area contributed by atoms with Gasteiger partial charge in [0.1, 0.15) is 24.1 Å². The van der Waals surface area contributed by atoms with Gasteiger partial charge in [-0.25, -0.2) is 14.6 Å². The lowest BCUT2D eigenvalue weighted by molar-refractivity contribution is -0.157. The molecule has 0 bridgehead atoms. The van der Waals surface area contributed by atoms with Crippen molar-refractivity contribution in [1.29, 1.82) is 5.41 Å². The largest absolute Gasteiger partial charge is 0.458 e. The fraction of sp³-hybridized carbons (Fsp3) is 0.333. The third-order valence-electron chi connectivity index (χ3n) is 5.32. The van der Waals surface area contributed by atoms with Gasteiger partial charge in [0.25, 0.3) is 5.91 Å². The molecule has 7 N–H and O–H groups in total. The first-order valence-corrected chi connectivity index (χ1v) is 12.5. The minimum atomic E-state index is -1.20. The topological polar surface area (TPSA) is 201 Å². The molecule has 0 fully saturated rings. The van der Waals surface area contributed by atoms with Gasteiger partial charge in [-0.05, 0) is 44.5 Å². The number of hydrogen-bond donors (Lipinski definition) is 6. The van der Waals surface area contributed by atoms with Crippen molar-refractivity contribution in [3.63, 3.8) is 0 Å². The number of hydrogen-bond acceptors (Lipinski definition) is 8. The summed E-state index contributed by atoms with van der Waals surface area (Å²) in [4.78, 5) is 57.2. The van der Waals surface area contributed by atoms with E-state index >= 15 is 0 Å². The van der Waals surface area contributed by atoms with Crippen molar-refractivity contribution in [2.45, 2.75) is 51.9 Å². The second-order valence-electron chi connectivity index (χ2n) is 9.88. The summed E-state index contributed by atoms with van der Waals surface area (Å²) < 4.78 is 10.6. The number of nitrogens with one attached hydrogen (secondary N) is 5. The van der Waals surface area contributed by atoms with E-state index in [-0.39, 0.29) is 31.6 Å². The smallest absolute Gasteiger partial charge is 0.408 e. The number of nitrogens with two attached hydrogens (primary N) is 1. The van der Waals surface area contributed by atoms with Gasteiger partial charge < -0.3 is 30.8 Å². The van der Waals surface area contributed by atoms with Crippen molar-refractivity contribution in [3.8, 4) is 0 Å². The number of guanidine groups is 1. The Hall–Kier alpha value is -4.94. The number of carbonyl (C=O) groups excluding carboxylic acids is 4. The van der Waals surface area contributed by atoms with E-state index < -0.39 is 41.5 Å². The fourth-order valence-corrected chi connectivity index (χ4v) is 3.54. The van der Waals surface area contributed by atoms with E-state index in [4.69, 9.17) is 20.6 Å². The Balaban J connectivity index is 1.62. The number of aryl methyl sites for hydroxylation is 1. The van der Waals surface area contributed by atoms with Crippen molar-refractivity contribution in [2.24, 2.45) is 5.73 Å². The molecule has 1 unspecified atom stereocenters. The lowest BCUT2D eigenvalue weighted by atomic mass is 10.1. The van der Waals surface area contributed by atoms with E-state index in [1.54, 1.807) is 51.1 Å². The third kappa shape index (κ3) is 9.42. The summed E-state index contributed by atoms with van der Waals surface area (Å²) in [6.07, 6.45) is -0.490. The van der Waals surface area contributed by atoms with Crippen LogP contribution in [-0.2, 0) is 32.1 Å². The Morgan fingerprint density at radius 1 is 1.10 bits per heavy atom. The molecule has 0 aliphatic rings. The van der Waals surface area contributed by atoms with E-state index in [0.717, 1.165) is 5.56 Å². The zero-order valence-electron chi connectivity index (χ0n) is 22.5. The summed E-state index contributed by atoms with van der Waals surface area (Å²) >= 11 is 0. The highest BCUT2D eigenvalue weighted by Gasteiger charge is 2.28. The summed E-state index contributed by atoms with van der Waals surface area (Å²) in [5, 5.41) is 14.4. The molecule has 13 nitrogen and oxygen atoms in total. The number of H-pyrrole nitrogens is 1. The summed E-state index contributed by atoms with van der Waals surface area (Å²) in [5.74, 6) is -1.54. The van der Waals surface area contributed by atoms with Gasteiger partial charge in [0.15, 0.2) is 5.96 Å². The molecule has 3 amide bonds. The maximum absolute atomic E-state index is 12.9. The van der Waals surface area contributed by atoms with Crippen LogP contribution in [0.1, 0.15) is 48.9 Å². The molecule has 13 heteroatoms. The monoisotopic (exact) mass is 551 g/mol. The molecule has 0 saturated carbocycles. The first-order chi connectivity index (χ1) is 18.9. The number of esters is 1. The number of ether oxygens (including phenoxy) is 2. The Morgan fingerprint density at radius 2 is 1.82 bits per heavy atom. The number of aromatic amines is 1. The van der Waals surface area contributed by atoms with Gasteiger partial charge >= 0.3 is 12.1 Å². The molecule has 1 atom stereocenters. The zero-order valence-corrected chi connectivity index (χ0v) is 22.5. The van der Waals surface area contributed by atoms with Gasteiger partial charge in [-0.1, -0.05) is 30.3 Å². The van der Waals surface area contributed by atoms with Gasteiger partial charge in [-0.15, -0.1) is 0 Å². The second kappa shape index (κ2) is 13.2. The Bertz CT molecular complexity index is 1380. The van der Waals surface area contributed by atoms with Crippen LogP contribution in [-0.4, -0.2) is 58.0 Å². The summed E-state index contributed by atoms with van der Waals surface area (Å²) in [6, 6.07) is 12.6. The van der Waals surface area contributed by atoms with E-state index in [9.17, 15) is 19.2 Å². The Labute approximate surface area is 230 Å². The van der Waals surface area contributed by atoms with Crippen LogP contribution >= 0.6 is 0 Å². The van der Waals surface area contributed by atoms with Crippen LogP contribution in [0.2, 0.25) is 0 Å². The summed E-state index contributed by atoms with van der Waals surface area (Å²) in [7, 11) is 0. The van der Waals surface area contributed by atoms with Crippen LogP contribution in [0.3, 0.4) is 0 Å². The standard InChI is InChI=1S/C27H33N7O6/c1-27(2,3)40-24(37)20(33-26(38)39-15-16-7-5-4-6-8-16)14-30-23(36)17-9-10-18-19(13-17)32-21(31-18)11-12-22(35)34-25(28)29/h4-10,13,20H,11-12,14-15H2,1-3H3,(H,30,36)(H,31,32)(H,33,38)(H4,28,29,34,35). The Kier molecular flexibility index (Phi) is 9.79. The SMILES string of the molecule is CC(C)(C)OC(=O)C(CNC(=O)c1ccc2nc(CCC(=O)NC(=N)N)[nH]c2c1)NC(=O)OCc1ccccc1. The lowest BCUT2D eigenvalue weighted by Gasteiger charge is -2.24. The average molecular weight is 552 g/mol. The maximum Gasteiger partial charge on any atom is 0.408 e. The minimum absolute atomic E-state index is 0.00760. The van der Waals surface area contributed by atoms with Crippen LogP contribution in [0, 0.1) is 5.41 Å². The van der Waals surface area contributed by atoms with Crippen LogP contribution < -0.4 is 21.7 Å². The molecule has 2 aromatic carbocycles. The number of rotatable bonds is 10. The number of benzene rings is 2. The molecular formula is C27H33N7O6. The highest BCUT2D eigenvalue weighted by Crippen LogP contribution is 2.15.